The lowest BCUT2D eigenvalue weighted by Gasteiger charge is -2.23. The van der Waals surface area contributed by atoms with Crippen molar-refractivity contribution >= 4 is 37.3 Å². The fraction of sp³-hybridized carbons (Fsp3) is 0.125. The van der Waals surface area contributed by atoms with Crippen LogP contribution in [0.5, 0.6) is 0 Å². The van der Waals surface area contributed by atoms with Crippen LogP contribution in [-0.4, -0.2) is 19.9 Å². The molecule has 2 aromatic carbocycles. The standard InChI is InChI=1S/C16H15BrN2O4S/c1-3-10-18(14-6-9-16(17)12(2)11-14)24(22,23)15-7-4-13(5-8-15)19(20)21/h3-9,11H,1,10H2,2H3. The summed E-state index contributed by atoms with van der Waals surface area (Å²) in [6.07, 6.45) is 1.49. The lowest BCUT2D eigenvalue weighted by molar-refractivity contribution is -0.384. The van der Waals surface area contributed by atoms with E-state index in [4.69, 9.17) is 0 Å². The average Bonchev–Trinajstić information content (AvgIpc) is 2.55. The number of anilines is 1. The second kappa shape index (κ2) is 7.14. The van der Waals surface area contributed by atoms with E-state index in [2.05, 4.69) is 22.5 Å². The lowest BCUT2D eigenvalue weighted by atomic mass is 10.2. The molecule has 0 saturated heterocycles. The van der Waals surface area contributed by atoms with Crippen molar-refractivity contribution in [1.82, 2.24) is 0 Å². The molecule has 6 nitrogen and oxygen atoms in total. The van der Waals surface area contributed by atoms with Gasteiger partial charge in [0.15, 0.2) is 0 Å². The molecule has 0 radical (unpaired) electrons. The van der Waals surface area contributed by atoms with Gasteiger partial charge < -0.3 is 0 Å². The maximum absolute atomic E-state index is 12.9. The second-order valence-electron chi connectivity index (χ2n) is 5.01. The van der Waals surface area contributed by atoms with E-state index in [0.29, 0.717) is 5.69 Å². The number of nitrogens with zero attached hydrogens (tertiary/aromatic N) is 2. The Kier molecular flexibility index (Phi) is 5.40. The molecule has 8 heteroatoms. The Bertz CT molecular complexity index is 879. The second-order valence-corrected chi connectivity index (χ2v) is 7.73. The molecule has 0 spiro atoms. The lowest BCUT2D eigenvalue weighted by Crippen LogP contribution is -2.31. The Morgan fingerprint density at radius 2 is 1.88 bits per heavy atom. The van der Waals surface area contributed by atoms with Gasteiger partial charge in [0, 0.05) is 16.6 Å². The monoisotopic (exact) mass is 410 g/mol. The minimum atomic E-state index is -3.86. The van der Waals surface area contributed by atoms with Gasteiger partial charge in [-0.15, -0.1) is 6.58 Å². The van der Waals surface area contributed by atoms with Crippen LogP contribution in [0.4, 0.5) is 11.4 Å². The van der Waals surface area contributed by atoms with E-state index in [1.165, 1.54) is 34.6 Å². The van der Waals surface area contributed by atoms with Gasteiger partial charge in [0.1, 0.15) is 0 Å². The molecule has 0 fully saturated rings. The Balaban J connectivity index is 2.50. The molecule has 0 aromatic heterocycles. The summed E-state index contributed by atoms with van der Waals surface area (Å²) in [4.78, 5) is 10.1. The molecule has 2 aromatic rings. The van der Waals surface area contributed by atoms with Gasteiger partial charge in [-0.1, -0.05) is 22.0 Å². The summed E-state index contributed by atoms with van der Waals surface area (Å²) in [5.41, 5.74) is 1.22. The zero-order chi connectivity index (χ0) is 17.9. The highest BCUT2D eigenvalue weighted by atomic mass is 79.9. The van der Waals surface area contributed by atoms with Crippen LogP contribution >= 0.6 is 15.9 Å². The van der Waals surface area contributed by atoms with Crippen molar-refractivity contribution in [3.63, 3.8) is 0 Å². The molecule has 0 amide bonds. The molecule has 0 aliphatic carbocycles. The number of halogens is 1. The number of aryl methyl sites for hydroxylation is 1. The Hall–Kier alpha value is -2.19. The van der Waals surface area contributed by atoms with E-state index in [1.54, 1.807) is 18.2 Å². The van der Waals surface area contributed by atoms with Crippen LogP contribution in [0.15, 0.2) is 64.5 Å². The Morgan fingerprint density at radius 1 is 1.25 bits per heavy atom. The Morgan fingerprint density at radius 3 is 2.38 bits per heavy atom. The summed E-state index contributed by atoms with van der Waals surface area (Å²) < 4.78 is 27.9. The van der Waals surface area contributed by atoms with E-state index in [9.17, 15) is 18.5 Å². The molecule has 126 valence electrons. The molecule has 0 aliphatic heterocycles. The minimum absolute atomic E-state index is 0.0180. The number of sulfonamides is 1. The van der Waals surface area contributed by atoms with Gasteiger partial charge in [0.2, 0.25) is 0 Å². The maximum atomic E-state index is 12.9. The molecule has 0 atom stereocenters. The first-order chi connectivity index (χ1) is 11.3. The summed E-state index contributed by atoms with van der Waals surface area (Å²) in [5.74, 6) is 0. The highest BCUT2D eigenvalue weighted by Gasteiger charge is 2.25. The van der Waals surface area contributed by atoms with Crippen molar-refractivity contribution in [2.24, 2.45) is 0 Å². The van der Waals surface area contributed by atoms with Crippen LogP contribution in [0, 0.1) is 17.0 Å². The van der Waals surface area contributed by atoms with Crippen molar-refractivity contribution in [2.45, 2.75) is 11.8 Å². The smallest absolute Gasteiger partial charge is 0.263 e. The van der Waals surface area contributed by atoms with Gasteiger partial charge >= 0.3 is 0 Å². The van der Waals surface area contributed by atoms with Crippen molar-refractivity contribution in [2.75, 3.05) is 10.8 Å². The highest BCUT2D eigenvalue weighted by Crippen LogP contribution is 2.28. The number of nitro groups is 1. The number of non-ortho nitro benzene ring substituents is 1. The van der Waals surface area contributed by atoms with Crippen LogP contribution < -0.4 is 4.31 Å². The first-order valence-corrected chi connectivity index (χ1v) is 9.15. The topological polar surface area (TPSA) is 80.5 Å². The van der Waals surface area contributed by atoms with E-state index < -0.39 is 14.9 Å². The zero-order valence-corrected chi connectivity index (χ0v) is 15.2. The number of benzene rings is 2. The number of nitro benzene ring substituents is 1. The molecular formula is C16H15BrN2O4S. The van der Waals surface area contributed by atoms with Crippen molar-refractivity contribution in [3.8, 4) is 0 Å². The fourth-order valence-corrected chi connectivity index (χ4v) is 3.78. The summed E-state index contributed by atoms with van der Waals surface area (Å²) in [6, 6.07) is 10.0. The SMILES string of the molecule is C=CCN(c1ccc(Br)c(C)c1)S(=O)(=O)c1ccc([N+](=O)[O-])cc1. The molecule has 24 heavy (non-hydrogen) atoms. The molecule has 0 bridgehead atoms. The van der Waals surface area contributed by atoms with E-state index in [0.717, 1.165) is 10.0 Å². The van der Waals surface area contributed by atoms with Crippen molar-refractivity contribution in [1.29, 1.82) is 0 Å². The van der Waals surface area contributed by atoms with Gasteiger partial charge in [-0.25, -0.2) is 8.42 Å². The summed E-state index contributed by atoms with van der Waals surface area (Å²) in [6.45, 7) is 5.55. The molecule has 0 N–H and O–H groups in total. The van der Waals surface area contributed by atoms with Gasteiger partial charge in [-0.3, -0.25) is 14.4 Å². The first kappa shape index (κ1) is 18.2. The summed E-state index contributed by atoms with van der Waals surface area (Å²) >= 11 is 3.38. The molecule has 0 aliphatic rings. The van der Waals surface area contributed by atoms with E-state index in [1.807, 2.05) is 6.92 Å². The van der Waals surface area contributed by atoms with Gasteiger partial charge in [-0.2, -0.15) is 0 Å². The zero-order valence-electron chi connectivity index (χ0n) is 12.8. The first-order valence-electron chi connectivity index (χ1n) is 6.91. The number of hydrogen-bond acceptors (Lipinski definition) is 4. The van der Waals surface area contributed by atoms with Crippen LogP contribution in [0.2, 0.25) is 0 Å². The van der Waals surface area contributed by atoms with Crippen LogP contribution in [0.1, 0.15) is 5.56 Å². The molecule has 0 heterocycles. The fourth-order valence-electron chi connectivity index (χ4n) is 2.11. The minimum Gasteiger partial charge on any atom is -0.263 e. The maximum Gasteiger partial charge on any atom is 0.269 e. The van der Waals surface area contributed by atoms with Crippen molar-refractivity contribution in [3.05, 3.63) is 75.3 Å². The third kappa shape index (κ3) is 3.65. The van der Waals surface area contributed by atoms with Crippen LogP contribution in [0.3, 0.4) is 0 Å². The number of rotatable bonds is 6. The van der Waals surface area contributed by atoms with E-state index >= 15 is 0 Å². The summed E-state index contributed by atoms with van der Waals surface area (Å²) in [7, 11) is -3.86. The predicted octanol–water partition coefficient (Wildman–Crippen LogP) is 4.05. The predicted molar refractivity (Wildman–Crippen MR) is 96.7 cm³/mol. The average molecular weight is 411 g/mol. The van der Waals surface area contributed by atoms with Crippen LogP contribution in [0.25, 0.3) is 0 Å². The van der Waals surface area contributed by atoms with Gasteiger partial charge in [-0.05, 0) is 42.8 Å². The summed E-state index contributed by atoms with van der Waals surface area (Å²) in [5, 5.41) is 10.7. The van der Waals surface area contributed by atoms with Crippen molar-refractivity contribution < 1.29 is 13.3 Å². The quantitative estimate of drug-likeness (QED) is 0.408. The van der Waals surface area contributed by atoms with E-state index in [-0.39, 0.29) is 17.1 Å². The highest BCUT2D eigenvalue weighted by molar-refractivity contribution is 9.10. The van der Waals surface area contributed by atoms with Gasteiger partial charge in [0.25, 0.3) is 15.7 Å². The van der Waals surface area contributed by atoms with Gasteiger partial charge in [0.05, 0.1) is 22.1 Å². The number of hydrogen-bond donors (Lipinski definition) is 0. The molecule has 0 saturated carbocycles. The molecule has 0 unspecified atom stereocenters. The third-order valence-electron chi connectivity index (χ3n) is 3.36. The van der Waals surface area contributed by atoms with Crippen LogP contribution in [-0.2, 0) is 10.0 Å². The third-order valence-corrected chi connectivity index (χ3v) is 6.06. The Labute approximate surface area is 148 Å². The molecular weight excluding hydrogens is 396 g/mol. The normalized spacial score (nSPS) is 11.1. The largest absolute Gasteiger partial charge is 0.269 e. The molecule has 2 rings (SSSR count).